The summed E-state index contributed by atoms with van der Waals surface area (Å²) in [4.78, 5) is 66.1. The summed E-state index contributed by atoms with van der Waals surface area (Å²) in [7, 11) is 0. The van der Waals surface area contributed by atoms with Crippen molar-refractivity contribution in [1.82, 2.24) is 20.7 Å². The van der Waals surface area contributed by atoms with E-state index in [0.717, 1.165) is 13.0 Å². The molecule has 308 valence electrons. The lowest BCUT2D eigenvalue weighted by Gasteiger charge is -2.55. The molecule has 5 atom stereocenters. The molecule has 1 saturated heterocycles. The van der Waals surface area contributed by atoms with Gasteiger partial charge in [-0.05, 0) is 48.4 Å². The second-order valence-corrected chi connectivity index (χ2v) is 14.4. The number of aromatic nitrogens is 1. The normalized spacial score (nSPS) is 22.1. The molecule has 3 aromatic carbocycles. The lowest BCUT2D eigenvalue weighted by molar-refractivity contribution is -0.271. The highest BCUT2D eigenvalue weighted by Gasteiger charge is 2.69. The molecule has 0 aliphatic carbocycles. The fourth-order valence-electron chi connectivity index (χ4n) is 6.62. The molecule has 4 aromatic rings. The van der Waals surface area contributed by atoms with Crippen LogP contribution in [0.1, 0.15) is 67.7 Å². The molecule has 5 rings (SSSR count). The van der Waals surface area contributed by atoms with Crippen LogP contribution in [0.2, 0.25) is 0 Å². The smallest absolute Gasteiger partial charge is 0.409 e. The molecule has 1 aliphatic rings. The topological polar surface area (TPSA) is 186 Å². The van der Waals surface area contributed by atoms with Crippen LogP contribution in [0.3, 0.4) is 0 Å². The first kappa shape index (κ1) is 43.3. The molecule has 4 N–H and O–H groups in total. The van der Waals surface area contributed by atoms with Gasteiger partial charge in [-0.3, -0.25) is 10.3 Å². The number of nitrogens with one attached hydrogen (secondary N) is 2. The predicted molar refractivity (Wildman–Crippen MR) is 203 cm³/mol. The molecule has 0 bridgehead atoms. The quantitative estimate of drug-likeness (QED) is 0.0805. The van der Waals surface area contributed by atoms with Gasteiger partial charge in [-0.1, -0.05) is 94.4 Å². The third kappa shape index (κ3) is 9.00. The highest BCUT2D eigenvalue weighted by atomic mass is 19.3. The Morgan fingerprint density at radius 1 is 0.931 bits per heavy atom. The van der Waals surface area contributed by atoms with Gasteiger partial charge in [0.25, 0.3) is 5.92 Å². The molecule has 0 saturated carbocycles. The monoisotopic (exact) mass is 804 g/mol. The number of hydroxylamine groups is 1. The van der Waals surface area contributed by atoms with Crippen molar-refractivity contribution in [2.45, 2.75) is 83.3 Å². The van der Waals surface area contributed by atoms with Gasteiger partial charge in [0, 0.05) is 29.8 Å². The van der Waals surface area contributed by atoms with E-state index in [1.165, 1.54) is 70.4 Å². The lowest BCUT2D eigenvalue weighted by Crippen LogP contribution is -2.79. The zero-order valence-electron chi connectivity index (χ0n) is 32.5. The van der Waals surface area contributed by atoms with Crippen LogP contribution in [-0.4, -0.2) is 73.6 Å². The van der Waals surface area contributed by atoms with Gasteiger partial charge in [-0.25, -0.2) is 32.9 Å². The van der Waals surface area contributed by atoms with Crippen molar-refractivity contribution in [3.05, 3.63) is 132 Å². The average Bonchev–Trinajstić information content (AvgIpc) is 3.24. The number of alkyl halides is 2. The Hall–Kier alpha value is -5.81. The number of ether oxygens (including phenoxy) is 3. The van der Waals surface area contributed by atoms with Gasteiger partial charge >= 0.3 is 24.0 Å². The summed E-state index contributed by atoms with van der Waals surface area (Å²) in [6.45, 7) is 5.64. The van der Waals surface area contributed by atoms with Crippen LogP contribution >= 0.6 is 0 Å². The fourth-order valence-corrected chi connectivity index (χ4v) is 6.62. The van der Waals surface area contributed by atoms with Crippen molar-refractivity contribution in [3.63, 3.8) is 0 Å². The predicted octanol–water partition coefficient (Wildman–Crippen LogP) is 5.46. The van der Waals surface area contributed by atoms with Crippen molar-refractivity contribution < 1.29 is 57.2 Å². The van der Waals surface area contributed by atoms with E-state index in [-0.39, 0.29) is 17.9 Å². The van der Waals surface area contributed by atoms with E-state index < -0.39 is 83.5 Å². The molecule has 0 spiro atoms. The Morgan fingerprint density at radius 2 is 1.57 bits per heavy atom. The van der Waals surface area contributed by atoms with Crippen LogP contribution in [-0.2, 0) is 37.1 Å². The Morgan fingerprint density at radius 3 is 2.19 bits per heavy atom. The minimum atomic E-state index is -4.44. The summed E-state index contributed by atoms with van der Waals surface area (Å²) in [6, 6.07) is 19.8. The highest BCUT2D eigenvalue weighted by Crippen LogP contribution is 2.50. The first-order valence-corrected chi connectivity index (χ1v) is 18.5. The zero-order chi connectivity index (χ0) is 42.3. The third-order valence-electron chi connectivity index (χ3n) is 9.82. The molecule has 1 amide bonds. The van der Waals surface area contributed by atoms with Gasteiger partial charge in [-0.15, -0.1) is 5.48 Å². The van der Waals surface area contributed by atoms with Gasteiger partial charge in [-0.2, -0.15) is 0 Å². The number of carbonyl (C=O) groups is 4. The maximum Gasteiger partial charge on any atom is 0.409 e. The van der Waals surface area contributed by atoms with Gasteiger partial charge in [0.2, 0.25) is 11.4 Å². The number of carbonyl (C=O) groups excluding carboxylic acids is 4. The van der Waals surface area contributed by atoms with E-state index in [1.807, 2.05) is 0 Å². The maximum absolute atomic E-state index is 17.7. The SMILES string of the molecule is CC1NOC(=O)[C@](NC(=O)OCc2ccccc2)(C(C)C)N([C@@](O)(C(=O)OCc2cccnc2)C(C)C)C(c2cccc(OC(=O)c3ccccc3)c2)C(F)(F)C1O. The Labute approximate surface area is 334 Å². The minimum absolute atomic E-state index is 0.142. The number of nitrogens with zero attached hydrogens (tertiary/aromatic N) is 2. The minimum Gasteiger partial charge on any atom is -0.458 e. The fraction of sp³-hybridized carbons (Fsp3) is 0.357. The number of benzene rings is 3. The lowest BCUT2D eigenvalue weighted by atomic mass is 9.81. The number of halogens is 2. The van der Waals surface area contributed by atoms with Crippen LogP contribution in [0.4, 0.5) is 13.6 Å². The maximum atomic E-state index is 17.7. The molecular weight excluding hydrogens is 758 g/mol. The number of pyridine rings is 1. The first-order valence-electron chi connectivity index (χ1n) is 18.5. The summed E-state index contributed by atoms with van der Waals surface area (Å²) >= 11 is 0. The van der Waals surface area contributed by atoms with E-state index >= 15 is 8.78 Å². The Kier molecular flexibility index (Phi) is 13.6. The summed E-state index contributed by atoms with van der Waals surface area (Å²) < 4.78 is 52.0. The average molecular weight is 805 g/mol. The number of amides is 1. The summed E-state index contributed by atoms with van der Waals surface area (Å²) in [5, 5.41) is 26.8. The third-order valence-corrected chi connectivity index (χ3v) is 9.82. The van der Waals surface area contributed by atoms with E-state index in [9.17, 15) is 29.4 Å². The van der Waals surface area contributed by atoms with Crippen LogP contribution < -0.4 is 15.5 Å². The van der Waals surface area contributed by atoms with Crippen LogP contribution in [0.5, 0.6) is 5.75 Å². The summed E-state index contributed by atoms with van der Waals surface area (Å²) in [6.07, 6.45) is -1.17. The van der Waals surface area contributed by atoms with E-state index in [1.54, 1.807) is 60.7 Å². The number of aliphatic hydroxyl groups excluding tert-OH is 1. The highest BCUT2D eigenvalue weighted by molar-refractivity contribution is 5.91. The van der Waals surface area contributed by atoms with Crippen molar-refractivity contribution in [3.8, 4) is 5.75 Å². The van der Waals surface area contributed by atoms with Crippen molar-refractivity contribution >= 4 is 24.0 Å². The largest absolute Gasteiger partial charge is 0.458 e. The van der Waals surface area contributed by atoms with Gasteiger partial charge < -0.3 is 29.3 Å². The first-order chi connectivity index (χ1) is 27.5. The van der Waals surface area contributed by atoms with Crippen LogP contribution in [0.25, 0.3) is 0 Å². The number of rotatable bonds is 12. The van der Waals surface area contributed by atoms with Crippen LogP contribution in [0.15, 0.2) is 109 Å². The number of hydrogen-bond acceptors (Lipinski definition) is 13. The molecule has 0 radical (unpaired) electrons. The van der Waals surface area contributed by atoms with E-state index in [0.29, 0.717) is 16.0 Å². The Bertz CT molecular complexity index is 2040. The van der Waals surface area contributed by atoms with Gasteiger partial charge in [0.15, 0.2) is 0 Å². The standard InChI is InChI=1S/C42H46F2N4O10/c1-26(2)41(46-39(53)56-24-29-14-8-6-9-15-29)37(51)58-47-28(5)35(49)40(43,44)34(32-19-12-20-33(22-32)57-36(50)31-17-10-7-11-18-31)48(41)42(54,27(3)4)38(52)55-25-30-16-13-21-45-23-30/h6-23,26-28,34-35,47,49,54H,24-25H2,1-5H3,(H,46,53)/t28?,34?,35?,41-,42-/m0/s1. The second-order valence-electron chi connectivity index (χ2n) is 14.4. The molecule has 1 aliphatic heterocycles. The summed E-state index contributed by atoms with van der Waals surface area (Å²) in [5.74, 6) is -11.2. The van der Waals surface area contributed by atoms with Crippen molar-refractivity contribution in [2.75, 3.05) is 0 Å². The van der Waals surface area contributed by atoms with Crippen molar-refractivity contribution in [1.29, 1.82) is 0 Å². The molecule has 3 unspecified atom stereocenters. The molecule has 16 heteroatoms. The van der Waals surface area contributed by atoms with Gasteiger partial charge in [0.05, 0.1) is 11.6 Å². The molecule has 14 nitrogen and oxygen atoms in total. The number of alkyl carbamates (subject to hydrolysis) is 1. The van der Waals surface area contributed by atoms with E-state index in [4.69, 9.17) is 19.0 Å². The molecule has 58 heavy (non-hydrogen) atoms. The number of aliphatic hydroxyl groups is 2. The van der Waals surface area contributed by atoms with Gasteiger partial charge in [0.1, 0.15) is 31.1 Å². The zero-order valence-corrected chi connectivity index (χ0v) is 32.5. The molecule has 2 heterocycles. The molecular formula is C42H46F2N4O10. The number of esters is 2. The second kappa shape index (κ2) is 18.2. The van der Waals surface area contributed by atoms with E-state index in [2.05, 4.69) is 15.8 Å². The molecule has 1 aromatic heterocycles. The summed E-state index contributed by atoms with van der Waals surface area (Å²) in [5.41, 5.74) is -3.45. The van der Waals surface area contributed by atoms with Crippen molar-refractivity contribution in [2.24, 2.45) is 11.8 Å². The Balaban J connectivity index is 1.77. The number of hydrogen-bond donors (Lipinski definition) is 4. The van der Waals surface area contributed by atoms with Crippen LogP contribution in [0, 0.1) is 11.8 Å². The molecule has 1 fully saturated rings.